The van der Waals surface area contributed by atoms with E-state index < -0.39 is 10.0 Å². The molecule has 4 rings (SSSR count). The monoisotopic (exact) mass is 454 g/mol. The Morgan fingerprint density at radius 2 is 1.75 bits per heavy atom. The molecule has 2 heterocycles. The Balaban J connectivity index is 1.56. The number of aryl methyl sites for hydroxylation is 1. The van der Waals surface area contributed by atoms with Gasteiger partial charge in [-0.05, 0) is 62.2 Å². The maximum atomic E-state index is 12.9. The van der Waals surface area contributed by atoms with Gasteiger partial charge in [-0.3, -0.25) is 18.9 Å². The van der Waals surface area contributed by atoms with Crippen LogP contribution in [0.2, 0.25) is 0 Å². The lowest BCUT2D eigenvalue weighted by molar-refractivity contribution is 0.102. The minimum atomic E-state index is -3.36. The number of hydrogen-bond acceptors (Lipinski definition) is 5. The maximum Gasteiger partial charge on any atom is 0.261 e. The second-order valence-corrected chi connectivity index (χ2v) is 9.93. The number of fused-ring (bicyclic) bond motifs is 2. The molecule has 8 nitrogen and oxygen atoms in total. The van der Waals surface area contributed by atoms with Crippen molar-refractivity contribution < 1.29 is 13.2 Å². The van der Waals surface area contributed by atoms with Gasteiger partial charge in [-0.2, -0.15) is 0 Å². The number of aromatic nitrogens is 2. The number of nitrogens with zero attached hydrogens (tertiary/aromatic N) is 2. The first-order valence-corrected chi connectivity index (χ1v) is 12.5. The summed E-state index contributed by atoms with van der Waals surface area (Å²) in [7, 11) is -3.36. The second-order valence-electron chi connectivity index (χ2n) is 7.92. The van der Waals surface area contributed by atoms with Gasteiger partial charge in [-0.15, -0.1) is 0 Å². The van der Waals surface area contributed by atoms with Gasteiger partial charge >= 0.3 is 0 Å². The van der Waals surface area contributed by atoms with E-state index in [1.54, 1.807) is 54.0 Å². The first-order valence-electron chi connectivity index (χ1n) is 10.8. The fourth-order valence-electron chi connectivity index (χ4n) is 3.81. The number of sulfonamides is 1. The standard InChI is InChI=1S/C23H26N4O4S/c1-2-32(30,31)26-18-11-9-17(10-12-18)24-22(28)16-8-13-19-20(15-16)25-21-7-5-3-4-6-14-27(21)23(19)29/h8-13,15,26H,2-7,14H2,1H3,(H,24,28). The average molecular weight is 455 g/mol. The molecule has 1 aromatic heterocycles. The van der Waals surface area contributed by atoms with E-state index in [2.05, 4.69) is 10.0 Å². The lowest BCUT2D eigenvalue weighted by atomic mass is 10.1. The highest BCUT2D eigenvalue weighted by molar-refractivity contribution is 7.92. The smallest absolute Gasteiger partial charge is 0.261 e. The maximum absolute atomic E-state index is 12.9. The molecular formula is C23H26N4O4S. The number of amides is 1. The molecule has 0 radical (unpaired) electrons. The molecule has 2 aromatic carbocycles. The number of anilines is 2. The Hall–Kier alpha value is -3.20. The third-order valence-corrected chi connectivity index (χ3v) is 6.93. The van der Waals surface area contributed by atoms with Crippen molar-refractivity contribution in [3.63, 3.8) is 0 Å². The van der Waals surface area contributed by atoms with Crippen molar-refractivity contribution in [1.29, 1.82) is 0 Å². The Kier molecular flexibility index (Phi) is 6.27. The van der Waals surface area contributed by atoms with Gasteiger partial charge in [0.15, 0.2) is 0 Å². The molecule has 0 aliphatic carbocycles. The molecule has 0 atom stereocenters. The van der Waals surface area contributed by atoms with E-state index in [0.717, 1.165) is 37.9 Å². The molecule has 2 N–H and O–H groups in total. The van der Waals surface area contributed by atoms with E-state index in [-0.39, 0.29) is 17.2 Å². The highest BCUT2D eigenvalue weighted by atomic mass is 32.2. The van der Waals surface area contributed by atoms with Crippen molar-refractivity contribution in [1.82, 2.24) is 9.55 Å². The predicted octanol–water partition coefficient (Wildman–Crippen LogP) is 3.53. The number of nitrogens with one attached hydrogen (secondary N) is 2. The molecule has 1 aliphatic heterocycles. The van der Waals surface area contributed by atoms with E-state index >= 15 is 0 Å². The van der Waals surface area contributed by atoms with Crippen LogP contribution in [0.5, 0.6) is 0 Å². The lowest BCUT2D eigenvalue weighted by Gasteiger charge is -2.16. The van der Waals surface area contributed by atoms with Crippen LogP contribution in [0.4, 0.5) is 11.4 Å². The van der Waals surface area contributed by atoms with Gasteiger partial charge in [0.25, 0.3) is 11.5 Å². The summed E-state index contributed by atoms with van der Waals surface area (Å²) in [6.07, 6.45) is 4.99. The number of rotatable bonds is 5. The summed E-state index contributed by atoms with van der Waals surface area (Å²) in [6.45, 7) is 2.24. The van der Waals surface area contributed by atoms with Crippen LogP contribution in [0.1, 0.15) is 48.8 Å². The summed E-state index contributed by atoms with van der Waals surface area (Å²) < 4.78 is 27.6. The van der Waals surface area contributed by atoms with Crippen LogP contribution >= 0.6 is 0 Å². The quantitative estimate of drug-likeness (QED) is 0.613. The van der Waals surface area contributed by atoms with Crippen LogP contribution < -0.4 is 15.6 Å². The third-order valence-electron chi connectivity index (χ3n) is 5.62. The molecule has 0 saturated heterocycles. The minimum absolute atomic E-state index is 0.0196. The summed E-state index contributed by atoms with van der Waals surface area (Å²) >= 11 is 0. The largest absolute Gasteiger partial charge is 0.322 e. The fourth-order valence-corrected chi connectivity index (χ4v) is 4.45. The van der Waals surface area contributed by atoms with Crippen molar-refractivity contribution in [2.45, 2.75) is 45.6 Å². The molecule has 3 aromatic rings. The summed E-state index contributed by atoms with van der Waals surface area (Å²) in [5.41, 5.74) is 1.83. The first kappa shape index (κ1) is 22.0. The number of carbonyl (C=O) groups is 1. The average Bonchev–Trinajstić information content (AvgIpc) is 2.76. The molecule has 0 spiro atoms. The topological polar surface area (TPSA) is 110 Å². The molecule has 0 bridgehead atoms. The molecule has 1 amide bonds. The predicted molar refractivity (Wildman–Crippen MR) is 126 cm³/mol. The number of hydrogen-bond donors (Lipinski definition) is 2. The number of benzene rings is 2. The molecule has 0 saturated carbocycles. The van der Waals surface area contributed by atoms with E-state index in [9.17, 15) is 18.0 Å². The highest BCUT2D eigenvalue weighted by Gasteiger charge is 2.15. The summed E-state index contributed by atoms with van der Waals surface area (Å²) in [4.78, 5) is 30.4. The second kappa shape index (κ2) is 9.12. The van der Waals surface area contributed by atoms with E-state index in [4.69, 9.17) is 4.98 Å². The normalized spacial score (nSPS) is 14.3. The van der Waals surface area contributed by atoms with Gasteiger partial charge in [0.2, 0.25) is 10.0 Å². The Morgan fingerprint density at radius 1 is 1.03 bits per heavy atom. The van der Waals surface area contributed by atoms with Crippen molar-refractivity contribution in [3.05, 3.63) is 64.2 Å². The molecule has 9 heteroatoms. The Bertz CT molecular complexity index is 1310. The van der Waals surface area contributed by atoms with Gasteiger partial charge in [0.1, 0.15) is 5.82 Å². The zero-order chi connectivity index (χ0) is 22.7. The van der Waals surface area contributed by atoms with Crippen LogP contribution in [-0.2, 0) is 23.0 Å². The van der Waals surface area contributed by atoms with Gasteiger partial charge in [-0.25, -0.2) is 13.4 Å². The molecule has 168 valence electrons. The zero-order valence-electron chi connectivity index (χ0n) is 17.9. The molecular weight excluding hydrogens is 428 g/mol. The minimum Gasteiger partial charge on any atom is -0.322 e. The summed E-state index contributed by atoms with van der Waals surface area (Å²) in [6, 6.07) is 11.4. The molecule has 1 aliphatic rings. The summed E-state index contributed by atoms with van der Waals surface area (Å²) in [5.74, 6) is 0.432. The Morgan fingerprint density at radius 3 is 2.50 bits per heavy atom. The van der Waals surface area contributed by atoms with Gasteiger partial charge < -0.3 is 5.32 Å². The fraction of sp³-hybridized carbons (Fsp3) is 0.348. The third kappa shape index (κ3) is 4.83. The van der Waals surface area contributed by atoms with E-state index in [1.807, 2.05) is 0 Å². The van der Waals surface area contributed by atoms with Crippen LogP contribution in [0.3, 0.4) is 0 Å². The van der Waals surface area contributed by atoms with Crippen molar-refractivity contribution in [2.75, 3.05) is 15.8 Å². The van der Waals surface area contributed by atoms with Crippen molar-refractivity contribution in [2.24, 2.45) is 0 Å². The molecule has 0 fully saturated rings. The SMILES string of the molecule is CCS(=O)(=O)Nc1ccc(NC(=O)c2ccc3c(=O)n4c(nc3c2)CCCCCC4)cc1. The zero-order valence-corrected chi connectivity index (χ0v) is 18.7. The van der Waals surface area contributed by atoms with Crippen LogP contribution in [0.15, 0.2) is 47.3 Å². The summed E-state index contributed by atoms with van der Waals surface area (Å²) in [5, 5.41) is 3.31. The van der Waals surface area contributed by atoms with E-state index in [0.29, 0.717) is 34.4 Å². The van der Waals surface area contributed by atoms with Gasteiger partial charge in [-0.1, -0.05) is 12.8 Å². The van der Waals surface area contributed by atoms with Crippen LogP contribution in [-0.4, -0.2) is 29.6 Å². The van der Waals surface area contributed by atoms with Gasteiger partial charge in [0, 0.05) is 29.9 Å². The van der Waals surface area contributed by atoms with E-state index in [1.165, 1.54) is 0 Å². The van der Waals surface area contributed by atoms with Crippen LogP contribution in [0.25, 0.3) is 10.9 Å². The van der Waals surface area contributed by atoms with Crippen molar-refractivity contribution in [3.8, 4) is 0 Å². The Labute approximate surface area is 186 Å². The first-order chi connectivity index (χ1) is 15.4. The lowest BCUT2D eigenvalue weighted by Crippen LogP contribution is -2.26. The van der Waals surface area contributed by atoms with Crippen molar-refractivity contribution >= 4 is 38.2 Å². The highest BCUT2D eigenvalue weighted by Crippen LogP contribution is 2.19. The number of carbonyl (C=O) groups excluding carboxylic acids is 1. The van der Waals surface area contributed by atoms with Crippen LogP contribution in [0, 0.1) is 0 Å². The molecule has 0 unspecified atom stereocenters. The molecule has 32 heavy (non-hydrogen) atoms. The van der Waals surface area contributed by atoms with Gasteiger partial charge in [0.05, 0.1) is 16.7 Å².